The first kappa shape index (κ1) is 12.5. The minimum absolute atomic E-state index is 0.113. The number of halogens is 1. The average Bonchev–Trinajstić information content (AvgIpc) is 2.77. The van der Waals surface area contributed by atoms with Crippen LogP contribution < -0.4 is 5.73 Å². The van der Waals surface area contributed by atoms with Crippen LogP contribution in [-0.4, -0.2) is 16.5 Å². The Morgan fingerprint density at radius 1 is 1.50 bits per heavy atom. The molecule has 0 aliphatic carbocycles. The average molecular weight is 268 g/mol. The highest BCUT2D eigenvalue weighted by Crippen LogP contribution is 2.36. The summed E-state index contributed by atoms with van der Waals surface area (Å²) in [6, 6.07) is 4.45. The molecule has 94 valence electrons. The summed E-state index contributed by atoms with van der Waals surface area (Å²) in [6.07, 6.45) is 1.89. The molecule has 2 aromatic rings. The van der Waals surface area contributed by atoms with Crippen LogP contribution in [0.15, 0.2) is 28.8 Å². The van der Waals surface area contributed by atoms with Crippen LogP contribution in [0.3, 0.4) is 0 Å². The first-order valence-corrected chi connectivity index (χ1v) is 5.59. The molecule has 0 aliphatic rings. The van der Waals surface area contributed by atoms with E-state index in [4.69, 9.17) is 21.8 Å². The number of benzene rings is 1. The van der Waals surface area contributed by atoms with Gasteiger partial charge >= 0.3 is 0 Å². The number of nitrogens with two attached hydrogens (primary N) is 1. The Morgan fingerprint density at radius 3 is 2.94 bits per heavy atom. The number of nitro groups is 1. The van der Waals surface area contributed by atoms with Gasteiger partial charge in [0, 0.05) is 19.0 Å². The lowest BCUT2D eigenvalue weighted by Gasteiger charge is -2.01. The molecule has 0 aliphatic heterocycles. The van der Waals surface area contributed by atoms with E-state index < -0.39 is 4.92 Å². The van der Waals surface area contributed by atoms with Crippen molar-refractivity contribution in [1.82, 2.24) is 4.98 Å². The van der Waals surface area contributed by atoms with Crippen molar-refractivity contribution in [3.63, 3.8) is 0 Å². The molecule has 6 nitrogen and oxygen atoms in total. The number of nitrogens with zero attached hydrogens (tertiary/aromatic N) is 2. The van der Waals surface area contributed by atoms with Crippen molar-refractivity contribution in [2.75, 3.05) is 6.54 Å². The van der Waals surface area contributed by atoms with E-state index >= 15 is 0 Å². The highest BCUT2D eigenvalue weighted by atomic mass is 35.5. The van der Waals surface area contributed by atoms with Crippen LogP contribution in [0.5, 0.6) is 0 Å². The summed E-state index contributed by atoms with van der Waals surface area (Å²) in [6.45, 7) is 0.393. The Hall–Kier alpha value is -1.92. The molecular formula is C11H10ClN3O3. The van der Waals surface area contributed by atoms with E-state index in [0.29, 0.717) is 18.9 Å². The van der Waals surface area contributed by atoms with Gasteiger partial charge in [-0.25, -0.2) is 4.98 Å². The van der Waals surface area contributed by atoms with E-state index in [1.54, 1.807) is 6.07 Å². The molecule has 0 amide bonds. The monoisotopic (exact) mass is 267 g/mol. The predicted molar refractivity (Wildman–Crippen MR) is 66.4 cm³/mol. The van der Waals surface area contributed by atoms with Crippen LogP contribution in [0.2, 0.25) is 5.02 Å². The summed E-state index contributed by atoms with van der Waals surface area (Å²) in [7, 11) is 0. The lowest BCUT2D eigenvalue weighted by molar-refractivity contribution is -0.384. The molecule has 18 heavy (non-hydrogen) atoms. The van der Waals surface area contributed by atoms with Gasteiger partial charge in [-0.15, -0.1) is 0 Å². The number of hydrogen-bond donors (Lipinski definition) is 1. The summed E-state index contributed by atoms with van der Waals surface area (Å²) in [5.41, 5.74) is 5.51. The first-order chi connectivity index (χ1) is 8.63. The summed E-state index contributed by atoms with van der Waals surface area (Å²) < 4.78 is 5.40. The topological polar surface area (TPSA) is 95.2 Å². The molecule has 0 spiro atoms. The quantitative estimate of drug-likeness (QED) is 0.678. The molecule has 0 saturated heterocycles. The van der Waals surface area contributed by atoms with E-state index in [1.165, 1.54) is 18.3 Å². The summed E-state index contributed by atoms with van der Waals surface area (Å²) in [5, 5.41) is 11.2. The largest absolute Gasteiger partial charge is 0.440 e. The second-order valence-electron chi connectivity index (χ2n) is 3.55. The molecule has 2 N–H and O–H groups in total. The van der Waals surface area contributed by atoms with Gasteiger partial charge in [-0.2, -0.15) is 0 Å². The highest BCUT2D eigenvalue weighted by Gasteiger charge is 2.21. The smallest absolute Gasteiger partial charge is 0.281 e. The Kier molecular flexibility index (Phi) is 3.59. The fraction of sp³-hybridized carbons (Fsp3) is 0.182. The van der Waals surface area contributed by atoms with Crippen molar-refractivity contribution in [3.05, 3.63) is 45.4 Å². The lowest BCUT2D eigenvalue weighted by Crippen LogP contribution is -2.02. The van der Waals surface area contributed by atoms with Crippen molar-refractivity contribution < 1.29 is 9.34 Å². The van der Waals surface area contributed by atoms with Gasteiger partial charge in [-0.05, 0) is 6.07 Å². The van der Waals surface area contributed by atoms with Crippen LogP contribution in [-0.2, 0) is 6.42 Å². The van der Waals surface area contributed by atoms with Crippen molar-refractivity contribution in [1.29, 1.82) is 0 Å². The molecule has 1 heterocycles. The standard InChI is InChI=1S/C11H10ClN3O3/c12-7-2-1-3-8(15(16)17)11(7)9-6-14-10(18-9)4-5-13/h1-3,6H,4-5,13H2. The van der Waals surface area contributed by atoms with Gasteiger partial charge in [0.25, 0.3) is 5.69 Å². The molecule has 2 rings (SSSR count). The van der Waals surface area contributed by atoms with E-state index in [2.05, 4.69) is 4.98 Å². The third-order valence-corrected chi connectivity index (χ3v) is 2.66. The van der Waals surface area contributed by atoms with Crippen molar-refractivity contribution in [2.24, 2.45) is 5.73 Å². The van der Waals surface area contributed by atoms with Crippen LogP contribution in [0, 0.1) is 10.1 Å². The number of oxazole rings is 1. The van der Waals surface area contributed by atoms with Gasteiger partial charge in [-0.3, -0.25) is 10.1 Å². The minimum Gasteiger partial charge on any atom is -0.440 e. The van der Waals surface area contributed by atoms with E-state index in [0.717, 1.165) is 0 Å². The SMILES string of the molecule is NCCc1ncc(-c2c(Cl)cccc2[N+](=O)[O-])o1. The molecule has 0 radical (unpaired) electrons. The second-order valence-corrected chi connectivity index (χ2v) is 3.96. The van der Waals surface area contributed by atoms with Crippen LogP contribution >= 0.6 is 11.6 Å². The first-order valence-electron chi connectivity index (χ1n) is 5.21. The maximum atomic E-state index is 10.9. The van der Waals surface area contributed by atoms with Gasteiger partial charge in [0.1, 0.15) is 5.56 Å². The Balaban J connectivity index is 2.51. The number of hydrogen-bond acceptors (Lipinski definition) is 5. The maximum absolute atomic E-state index is 10.9. The molecule has 0 atom stereocenters. The van der Waals surface area contributed by atoms with Crippen molar-refractivity contribution in [3.8, 4) is 11.3 Å². The molecule has 0 unspecified atom stereocenters. The molecule has 0 bridgehead atoms. The van der Waals surface area contributed by atoms with Gasteiger partial charge in [0.15, 0.2) is 11.7 Å². The Labute approximate surface area is 108 Å². The molecule has 7 heteroatoms. The van der Waals surface area contributed by atoms with Crippen molar-refractivity contribution in [2.45, 2.75) is 6.42 Å². The predicted octanol–water partition coefficient (Wildman–Crippen LogP) is 2.40. The van der Waals surface area contributed by atoms with Gasteiger partial charge in [0.2, 0.25) is 0 Å². The van der Waals surface area contributed by atoms with Crippen LogP contribution in [0.4, 0.5) is 5.69 Å². The third kappa shape index (κ3) is 2.34. The second kappa shape index (κ2) is 5.16. The Morgan fingerprint density at radius 2 is 2.28 bits per heavy atom. The summed E-state index contributed by atoms with van der Waals surface area (Å²) in [5.74, 6) is 0.706. The fourth-order valence-corrected chi connectivity index (χ4v) is 1.84. The zero-order valence-electron chi connectivity index (χ0n) is 9.30. The molecule has 0 fully saturated rings. The third-order valence-electron chi connectivity index (χ3n) is 2.35. The number of rotatable bonds is 4. The van der Waals surface area contributed by atoms with Gasteiger partial charge < -0.3 is 10.2 Å². The van der Waals surface area contributed by atoms with E-state index in [9.17, 15) is 10.1 Å². The summed E-state index contributed by atoms with van der Waals surface area (Å²) in [4.78, 5) is 14.4. The molecule has 1 aromatic heterocycles. The van der Waals surface area contributed by atoms with Gasteiger partial charge in [-0.1, -0.05) is 17.7 Å². The van der Waals surface area contributed by atoms with Crippen LogP contribution in [0.25, 0.3) is 11.3 Å². The molecular weight excluding hydrogens is 258 g/mol. The minimum atomic E-state index is -0.508. The van der Waals surface area contributed by atoms with Crippen molar-refractivity contribution >= 4 is 17.3 Å². The molecule has 0 saturated carbocycles. The zero-order valence-corrected chi connectivity index (χ0v) is 10.1. The fourth-order valence-electron chi connectivity index (χ4n) is 1.57. The van der Waals surface area contributed by atoms with E-state index in [-0.39, 0.29) is 22.0 Å². The van der Waals surface area contributed by atoms with Crippen LogP contribution in [0.1, 0.15) is 5.89 Å². The van der Waals surface area contributed by atoms with E-state index in [1.807, 2.05) is 0 Å². The molecule has 1 aromatic carbocycles. The lowest BCUT2D eigenvalue weighted by atomic mass is 10.1. The Bertz CT molecular complexity index is 583. The maximum Gasteiger partial charge on any atom is 0.281 e. The highest BCUT2D eigenvalue weighted by molar-refractivity contribution is 6.33. The number of nitro benzene ring substituents is 1. The van der Waals surface area contributed by atoms with Gasteiger partial charge in [0.05, 0.1) is 16.1 Å². The summed E-state index contributed by atoms with van der Waals surface area (Å²) >= 11 is 5.98. The normalized spacial score (nSPS) is 10.6. The number of aromatic nitrogens is 1. The zero-order chi connectivity index (χ0) is 13.1.